The van der Waals surface area contributed by atoms with Gasteiger partial charge < -0.3 is 0 Å². The van der Waals surface area contributed by atoms with E-state index in [4.69, 9.17) is 9.98 Å². The van der Waals surface area contributed by atoms with Gasteiger partial charge in [-0.2, -0.15) is 10.2 Å². The van der Waals surface area contributed by atoms with Gasteiger partial charge in [0.1, 0.15) is 0 Å². The number of benzene rings is 1. The van der Waals surface area contributed by atoms with Crippen LogP contribution in [-0.2, 0) is 6.42 Å². The molecule has 1 aliphatic carbocycles. The number of hydrogen-bond acceptors (Lipinski definition) is 4. The Hall–Kier alpha value is -2.88. The number of nitrogens with zero attached hydrogens (tertiary/aromatic N) is 4. The van der Waals surface area contributed by atoms with Crippen LogP contribution in [0.3, 0.4) is 0 Å². The molecule has 1 aromatic carbocycles. The molecule has 0 spiro atoms. The molecule has 1 aromatic rings. The number of hydrogen-bond donors (Lipinski definition) is 0. The SMILES string of the molecule is CCc1ccc(C2=NC3CC=NC(C4CN=NC4)=C3C=C2C2C=CC=CC2)cc1. The molecule has 4 heteroatoms. The molecule has 4 aliphatic rings. The van der Waals surface area contributed by atoms with E-state index in [1.165, 1.54) is 22.3 Å². The van der Waals surface area contributed by atoms with Gasteiger partial charge >= 0.3 is 0 Å². The van der Waals surface area contributed by atoms with Crippen molar-refractivity contribution in [2.75, 3.05) is 13.1 Å². The first-order chi connectivity index (χ1) is 14.3. The van der Waals surface area contributed by atoms with Crippen LogP contribution in [-0.4, -0.2) is 31.1 Å². The molecule has 29 heavy (non-hydrogen) atoms. The molecule has 2 unspecified atom stereocenters. The van der Waals surface area contributed by atoms with Crippen LogP contribution >= 0.6 is 0 Å². The second-order valence-corrected chi connectivity index (χ2v) is 8.03. The van der Waals surface area contributed by atoms with Gasteiger partial charge in [0, 0.05) is 30.0 Å². The van der Waals surface area contributed by atoms with Crippen molar-refractivity contribution in [3.8, 4) is 0 Å². The zero-order valence-electron chi connectivity index (χ0n) is 16.8. The first-order valence-electron chi connectivity index (χ1n) is 10.7. The molecule has 0 bridgehead atoms. The summed E-state index contributed by atoms with van der Waals surface area (Å²) in [5.41, 5.74) is 7.44. The number of rotatable bonds is 4. The molecular formula is C25H26N4. The monoisotopic (exact) mass is 382 g/mol. The Morgan fingerprint density at radius 1 is 1.00 bits per heavy atom. The zero-order valence-corrected chi connectivity index (χ0v) is 16.8. The van der Waals surface area contributed by atoms with Crippen molar-refractivity contribution in [2.45, 2.75) is 32.2 Å². The lowest BCUT2D eigenvalue weighted by Gasteiger charge is -2.31. The van der Waals surface area contributed by atoms with Gasteiger partial charge in [0.2, 0.25) is 0 Å². The summed E-state index contributed by atoms with van der Waals surface area (Å²) in [6, 6.07) is 9.07. The van der Waals surface area contributed by atoms with Crippen LogP contribution in [0.5, 0.6) is 0 Å². The summed E-state index contributed by atoms with van der Waals surface area (Å²) < 4.78 is 0. The van der Waals surface area contributed by atoms with Crippen molar-refractivity contribution < 1.29 is 0 Å². The van der Waals surface area contributed by atoms with Gasteiger partial charge in [0.15, 0.2) is 0 Å². The highest BCUT2D eigenvalue weighted by molar-refractivity contribution is 6.14. The zero-order chi connectivity index (χ0) is 19.6. The largest absolute Gasteiger partial charge is 0.276 e. The molecule has 0 saturated carbocycles. The third-order valence-corrected chi connectivity index (χ3v) is 6.19. The van der Waals surface area contributed by atoms with Crippen LogP contribution < -0.4 is 0 Å². The smallest absolute Gasteiger partial charge is 0.0823 e. The van der Waals surface area contributed by atoms with Crippen LogP contribution in [0.4, 0.5) is 0 Å². The molecule has 2 atom stereocenters. The fraction of sp³-hybridized carbons (Fsp3) is 0.360. The van der Waals surface area contributed by atoms with Crippen molar-refractivity contribution in [2.24, 2.45) is 32.0 Å². The lowest BCUT2D eigenvalue weighted by molar-refractivity contribution is 0.662. The van der Waals surface area contributed by atoms with Crippen molar-refractivity contribution in [1.82, 2.24) is 0 Å². The summed E-state index contributed by atoms with van der Waals surface area (Å²) >= 11 is 0. The van der Waals surface area contributed by atoms with E-state index in [0.29, 0.717) is 11.8 Å². The van der Waals surface area contributed by atoms with Gasteiger partial charge in [-0.25, -0.2) is 0 Å². The number of fused-ring (bicyclic) bond motifs is 1. The maximum absolute atomic E-state index is 5.29. The minimum Gasteiger partial charge on any atom is -0.276 e. The predicted molar refractivity (Wildman–Crippen MR) is 119 cm³/mol. The summed E-state index contributed by atoms with van der Waals surface area (Å²) in [7, 11) is 0. The molecule has 0 radical (unpaired) electrons. The highest BCUT2D eigenvalue weighted by Crippen LogP contribution is 2.37. The quantitative estimate of drug-likeness (QED) is 0.679. The van der Waals surface area contributed by atoms with Gasteiger partial charge in [-0.1, -0.05) is 55.5 Å². The molecule has 3 aliphatic heterocycles. The Balaban J connectivity index is 1.59. The van der Waals surface area contributed by atoms with E-state index < -0.39 is 0 Å². The lowest BCUT2D eigenvalue weighted by atomic mass is 9.80. The van der Waals surface area contributed by atoms with Crippen LogP contribution in [0.25, 0.3) is 0 Å². The van der Waals surface area contributed by atoms with E-state index in [-0.39, 0.29) is 6.04 Å². The summed E-state index contributed by atoms with van der Waals surface area (Å²) in [5, 5.41) is 8.41. The molecule has 0 fully saturated rings. The molecule has 0 aromatic heterocycles. The van der Waals surface area contributed by atoms with E-state index in [9.17, 15) is 0 Å². The first kappa shape index (κ1) is 18.2. The van der Waals surface area contributed by atoms with Crippen LogP contribution in [0.15, 0.2) is 91.7 Å². The van der Waals surface area contributed by atoms with Gasteiger partial charge in [-0.3, -0.25) is 9.98 Å². The molecular weight excluding hydrogens is 356 g/mol. The number of aliphatic imine (C=N–C) groups is 2. The van der Waals surface area contributed by atoms with Crippen LogP contribution in [0.2, 0.25) is 0 Å². The average Bonchev–Trinajstić information content (AvgIpc) is 3.33. The number of azo groups is 1. The van der Waals surface area contributed by atoms with Crippen LogP contribution in [0, 0.1) is 11.8 Å². The Labute approximate surface area is 172 Å². The van der Waals surface area contributed by atoms with Crippen molar-refractivity contribution in [3.05, 3.63) is 82.6 Å². The van der Waals surface area contributed by atoms with E-state index in [1.807, 2.05) is 6.21 Å². The van der Waals surface area contributed by atoms with Gasteiger partial charge in [0.05, 0.1) is 30.5 Å². The lowest BCUT2D eigenvalue weighted by Crippen LogP contribution is -2.27. The summed E-state index contributed by atoms with van der Waals surface area (Å²) in [4.78, 5) is 10.1. The fourth-order valence-corrected chi connectivity index (χ4v) is 4.50. The minimum absolute atomic E-state index is 0.149. The third kappa shape index (κ3) is 3.48. The standard InChI is InChI=1S/C25H26N4/c1-2-17-8-10-19(11-9-17)25-21(18-6-4-3-5-7-18)14-22-23(29-25)12-13-26-24(22)20-15-27-28-16-20/h3-6,8-11,13-14,18,20,23H,2,7,12,15-16H2,1H3. The highest BCUT2D eigenvalue weighted by Gasteiger charge is 2.32. The number of aryl methyl sites for hydroxylation is 1. The van der Waals surface area contributed by atoms with Crippen molar-refractivity contribution in [3.63, 3.8) is 0 Å². The predicted octanol–water partition coefficient (Wildman–Crippen LogP) is 5.29. The maximum atomic E-state index is 5.29. The van der Waals surface area contributed by atoms with E-state index in [1.54, 1.807) is 0 Å². The van der Waals surface area contributed by atoms with Crippen molar-refractivity contribution in [1.29, 1.82) is 0 Å². The molecule has 4 nitrogen and oxygen atoms in total. The van der Waals surface area contributed by atoms with Gasteiger partial charge in [-0.05, 0) is 35.6 Å². The van der Waals surface area contributed by atoms with E-state index in [2.05, 4.69) is 71.8 Å². The number of dihydropyridines is 1. The molecule has 146 valence electrons. The third-order valence-electron chi connectivity index (χ3n) is 6.19. The Kier molecular flexibility index (Phi) is 4.92. The second-order valence-electron chi connectivity index (χ2n) is 8.03. The summed E-state index contributed by atoms with van der Waals surface area (Å²) in [6.45, 7) is 3.68. The fourth-order valence-electron chi connectivity index (χ4n) is 4.50. The highest BCUT2D eigenvalue weighted by atomic mass is 15.1. The minimum atomic E-state index is 0.149. The number of allylic oxidation sites excluding steroid dienone is 5. The molecule has 0 amide bonds. The van der Waals surface area contributed by atoms with Crippen LogP contribution in [0.1, 0.15) is 30.9 Å². The Morgan fingerprint density at radius 3 is 2.55 bits per heavy atom. The topological polar surface area (TPSA) is 49.4 Å². The Morgan fingerprint density at radius 2 is 1.83 bits per heavy atom. The van der Waals surface area contributed by atoms with Gasteiger partial charge in [0.25, 0.3) is 0 Å². The molecule has 0 N–H and O–H groups in total. The first-order valence-corrected chi connectivity index (χ1v) is 10.7. The second kappa shape index (κ2) is 7.86. The van der Waals surface area contributed by atoms with E-state index in [0.717, 1.165) is 43.8 Å². The molecule has 3 heterocycles. The molecule has 5 rings (SSSR count). The van der Waals surface area contributed by atoms with Crippen molar-refractivity contribution >= 4 is 11.9 Å². The maximum Gasteiger partial charge on any atom is 0.0823 e. The van der Waals surface area contributed by atoms with E-state index >= 15 is 0 Å². The summed E-state index contributed by atoms with van der Waals surface area (Å²) in [6.07, 6.45) is 16.2. The summed E-state index contributed by atoms with van der Waals surface area (Å²) in [5.74, 6) is 0.645. The normalized spacial score (nSPS) is 26.0. The molecule has 0 saturated heterocycles. The van der Waals surface area contributed by atoms with Gasteiger partial charge in [-0.15, -0.1) is 0 Å². The Bertz CT molecular complexity index is 994. The average molecular weight is 383 g/mol.